The van der Waals surface area contributed by atoms with Gasteiger partial charge in [0.05, 0.1) is 22.3 Å². The Hall–Kier alpha value is -2.34. The van der Waals surface area contributed by atoms with Crippen LogP contribution in [0.1, 0.15) is 5.56 Å². The Morgan fingerprint density at radius 3 is 2.90 bits per heavy atom. The molecule has 0 spiro atoms. The number of nitrogens with one attached hydrogen (secondary N) is 3. The molecule has 3 N–H and O–H groups in total. The SMILES string of the molecule is CNc1nc(Nc2cc(C)ccc2Cl)c2cn[nH]c2n1. The first-order valence-electron chi connectivity index (χ1n) is 6.09. The Morgan fingerprint density at radius 2 is 2.10 bits per heavy atom. The molecule has 0 saturated heterocycles. The lowest BCUT2D eigenvalue weighted by molar-refractivity contribution is 1.09. The molecule has 0 fully saturated rings. The molecule has 0 amide bonds. The first-order valence-corrected chi connectivity index (χ1v) is 6.47. The number of aromatic amines is 1. The highest BCUT2D eigenvalue weighted by Crippen LogP contribution is 2.29. The molecular formula is C13H13ClN6. The normalized spacial score (nSPS) is 10.8. The summed E-state index contributed by atoms with van der Waals surface area (Å²) in [6.45, 7) is 2.01. The van der Waals surface area contributed by atoms with Crippen molar-refractivity contribution < 1.29 is 0 Å². The minimum Gasteiger partial charge on any atom is -0.357 e. The monoisotopic (exact) mass is 288 g/mol. The van der Waals surface area contributed by atoms with Crippen LogP contribution in [0.3, 0.4) is 0 Å². The molecular weight excluding hydrogens is 276 g/mol. The van der Waals surface area contributed by atoms with Crippen molar-refractivity contribution in [3.05, 3.63) is 35.0 Å². The summed E-state index contributed by atoms with van der Waals surface area (Å²) < 4.78 is 0. The predicted octanol–water partition coefficient (Wildman–Crippen LogP) is 3.10. The van der Waals surface area contributed by atoms with Crippen molar-refractivity contribution in [2.24, 2.45) is 0 Å². The number of aromatic nitrogens is 4. The van der Waals surface area contributed by atoms with Crippen LogP contribution in [0.5, 0.6) is 0 Å². The highest BCUT2D eigenvalue weighted by Gasteiger charge is 2.10. The molecule has 0 aliphatic carbocycles. The van der Waals surface area contributed by atoms with Crippen LogP contribution in [-0.4, -0.2) is 27.2 Å². The number of halogens is 1. The highest BCUT2D eigenvalue weighted by atomic mass is 35.5. The number of rotatable bonds is 3. The molecule has 0 aliphatic heterocycles. The second kappa shape index (κ2) is 4.97. The van der Waals surface area contributed by atoms with E-state index in [4.69, 9.17) is 11.6 Å². The van der Waals surface area contributed by atoms with Crippen LogP contribution < -0.4 is 10.6 Å². The predicted molar refractivity (Wildman–Crippen MR) is 80.7 cm³/mol. The fourth-order valence-corrected chi connectivity index (χ4v) is 2.07. The largest absolute Gasteiger partial charge is 0.357 e. The van der Waals surface area contributed by atoms with Gasteiger partial charge in [-0.1, -0.05) is 17.7 Å². The molecule has 0 bridgehead atoms. The van der Waals surface area contributed by atoms with Gasteiger partial charge in [0.15, 0.2) is 5.65 Å². The molecule has 3 rings (SSSR count). The summed E-state index contributed by atoms with van der Waals surface area (Å²) in [6.07, 6.45) is 1.68. The van der Waals surface area contributed by atoms with Gasteiger partial charge in [-0.3, -0.25) is 5.10 Å². The van der Waals surface area contributed by atoms with Gasteiger partial charge in [-0.05, 0) is 24.6 Å². The lowest BCUT2D eigenvalue weighted by Gasteiger charge is -2.10. The molecule has 2 heterocycles. The number of anilines is 3. The van der Waals surface area contributed by atoms with Crippen molar-refractivity contribution >= 4 is 40.1 Å². The third kappa shape index (κ3) is 2.25. The summed E-state index contributed by atoms with van der Waals surface area (Å²) in [5.74, 6) is 1.16. The zero-order chi connectivity index (χ0) is 14.1. The number of benzene rings is 1. The van der Waals surface area contributed by atoms with Crippen LogP contribution >= 0.6 is 11.6 Å². The van der Waals surface area contributed by atoms with E-state index < -0.39 is 0 Å². The number of H-pyrrole nitrogens is 1. The van der Waals surface area contributed by atoms with Crippen molar-refractivity contribution in [3.8, 4) is 0 Å². The minimum absolute atomic E-state index is 0.507. The lowest BCUT2D eigenvalue weighted by atomic mass is 10.2. The van der Waals surface area contributed by atoms with Gasteiger partial charge < -0.3 is 10.6 Å². The number of hydrogen-bond acceptors (Lipinski definition) is 5. The molecule has 7 heteroatoms. The van der Waals surface area contributed by atoms with E-state index in [1.807, 2.05) is 25.1 Å². The number of nitrogens with zero attached hydrogens (tertiary/aromatic N) is 3. The van der Waals surface area contributed by atoms with E-state index >= 15 is 0 Å². The van der Waals surface area contributed by atoms with E-state index in [2.05, 4.69) is 30.8 Å². The second-order valence-electron chi connectivity index (χ2n) is 4.39. The van der Waals surface area contributed by atoms with Gasteiger partial charge in [-0.25, -0.2) is 0 Å². The molecule has 0 unspecified atom stereocenters. The van der Waals surface area contributed by atoms with E-state index in [0.717, 1.165) is 16.6 Å². The van der Waals surface area contributed by atoms with Gasteiger partial charge >= 0.3 is 0 Å². The first-order chi connectivity index (χ1) is 9.67. The van der Waals surface area contributed by atoms with Crippen LogP contribution in [0.15, 0.2) is 24.4 Å². The fraction of sp³-hybridized carbons (Fsp3) is 0.154. The maximum absolute atomic E-state index is 6.20. The Morgan fingerprint density at radius 1 is 1.25 bits per heavy atom. The van der Waals surface area contributed by atoms with Crippen LogP contribution in [0, 0.1) is 6.92 Å². The zero-order valence-electron chi connectivity index (χ0n) is 11.0. The average Bonchev–Trinajstić information content (AvgIpc) is 2.91. The standard InChI is InChI=1S/C13H13ClN6/c1-7-3-4-9(14)10(5-7)17-11-8-6-16-20-12(8)19-13(15-2)18-11/h3-6H,1-2H3,(H3,15,16,17,18,19,20). The molecule has 20 heavy (non-hydrogen) atoms. The first kappa shape index (κ1) is 12.7. The van der Waals surface area contributed by atoms with Gasteiger partial charge in [-0.2, -0.15) is 15.1 Å². The van der Waals surface area contributed by atoms with E-state index in [1.54, 1.807) is 13.2 Å². The molecule has 0 atom stereocenters. The van der Waals surface area contributed by atoms with Gasteiger partial charge in [0.1, 0.15) is 5.82 Å². The Labute approximate surface area is 120 Å². The molecule has 102 valence electrons. The maximum Gasteiger partial charge on any atom is 0.226 e. The quantitative estimate of drug-likeness (QED) is 0.690. The summed E-state index contributed by atoms with van der Waals surface area (Å²) in [5, 5.41) is 14.4. The summed E-state index contributed by atoms with van der Waals surface area (Å²) in [6, 6.07) is 5.78. The van der Waals surface area contributed by atoms with E-state index in [1.165, 1.54) is 0 Å². The van der Waals surface area contributed by atoms with E-state index in [0.29, 0.717) is 22.4 Å². The van der Waals surface area contributed by atoms with Gasteiger partial charge in [0.25, 0.3) is 0 Å². The van der Waals surface area contributed by atoms with Crippen molar-refractivity contribution in [1.29, 1.82) is 0 Å². The molecule has 6 nitrogen and oxygen atoms in total. The average molecular weight is 289 g/mol. The van der Waals surface area contributed by atoms with Crippen molar-refractivity contribution in [1.82, 2.24) is 20.2 Å². The minimum atomic E-state index is 0.507. The van der Waals surface area contributed by atoms with Crippen molar-refractivity contribution in [2.45, 2.75) is 6.92 Å². The molecule has 3 aromatic rings. The summed E-state index contributed by atoms with van der Waals surface area (Å²) in [4.78, 5) is 8.69. The highest BCUT2D eigenvalue weighted by molar-refractivity contribution is 6.33. The Kier molecular flexibility index (Phi) is 3.15. The Balaban J connectivity index is 2.09. The van der Waals surface area contributed by atoms with E-state index in [9.17, 15) is 0 Å². The molecule has 0 aliphatic rings. The second-order valence-corrected chi connectivity index (χ2v) is 4.79. The number of aryl methyl sites for hydroxylation is 1. The molecule has 0 radical (unpaired) electrons. The van der Waals surface area contributed by atoms with Crippen LogP contribution in [0.4, 0.5) is 17.5 Å². The third-order valence-electron chi connectivity index (χ3n) is 2.91. The molecule has 2 aromatic heterocycles. The lowest BCUT2D eigenvalue weighted by Crippen LogP contribution is -2.01. The summed E-state index contributed by atoms with van der Waals surface area (Å²) >= 11 is 6.20. The van der Waals surface area contributed by atoms with Crippen molar-refractivity contribution in [2.75, 3.05) is 17.7 Å². The van der Waals surface area contributed by atoms with Gasteiger partial charge in [-0.15, -0.1) is 0 Å². The van der Waals surface area contributed by atoms with Gasteiger partial charge in [0, 0.05) is 7.05 Å². The van der Waals surface area contributed by atoms with Gasteiger partial charge in [0.2, 0.25) is 5.95 Å². The Bertz CT molecular complexity index is 767. The maximum atomic E-state index is 6.20. The fourth-order valence-electron chi connectivity index (χ4n) is 1.90. The molecule has 0 saturated carbocycles. The third-order valence-corrected chi connectivity index (χ3v) is 3.24. The number of fused-ring (bicyclic) bond motifs is 1. The molecule has 1 aromatic carbocycles. The van der Waals surface area contributed by atoms with Crippen LogP contribution in [-0.2, 0) is 0 Å². The van der Waals surface area contributed by atoms with E-state index in [-0.39, 0.29) is 0 Å². The topological polar surface area (TPSA) is 78.5 Å². The smallest absolute Gasteiger partial charge is 0.226 e. The van der Waals surface area contributed by atoms with Crippen molar-refractivity contribution in [3.63, 3.8) is 0 Å². The zero-order valence-corrected chi connectivity index (χ0v) is 11.8. The van der Waals surface area contributed by atoms with Crippen LogP contribution in [0.25, 0.3) is 11.0 Å². The van der Waals surface area contributed by atoms with Crippen LogP contribution in [0.2, 0.25) is 5.02 Å². The summed E-state index contributed by atoms with van der Waals surface area (Å²) in [7, 11) is 1.76. The number of hydrogen-bond donors (Lipinski definition) is 3. The summed E-state index contributed by atoms with van der Waals surface area (Å²) in [5.41, 5.74) is 2.58.